The monoisotopic (exact) mass is 437 g/mol. The Morgan fingerprint density at radius 3 is 1.94 bits per heavy atom. The third kappa shape index (κ3) is 6.62. The zero-order valence-corrected chi connectivity index (χ0v) is 22.1. The fraction of sp³-hybridized carbons (Fsp3) is 0.963. The highest BCUT2D eigenvalue weighted by molar-refractivity contribution is 5.68. The molecular weight excluding hydrogens is 386 g/mol. The van der Waals surface area contributed by atoms with Crippen molar-refractivity contribution < 1.29 is 14.3 Å². The van der Waals surface area contributed by atoms with Crippen molar-refractivity contribution in [1.82, 2.24) is 4.90 Å². The van der Waals surface area contributed by atoms with Crippen LogP contribution in [0.1, 0.15) is 107 Å². The van der Waals surface area contributed by atoms with Crippen LogP contribution in [0.15, 0.2) is 0 Å². The summed E-state index contributed by atoms with van der Waals surface area (Å²) in [7, 11) is 1.86. The van der Waals surface area contributed by atoms with E-state index >= 15 is 0 Å². The van der Waals surface area contributed by atoms with Gasteiger partial charge < -0.3 is 14.4 Å². The molecule has 1 heterocycles. The molecule has 1 aliphatic carbocycles. The van der Waals surface area contributed by atoms with Crippen LogP contribution < -0.4 is 0 Å². The van der Waals surface area contributed by atoms with E-state index in [9.17, 15) is 4.79 Å². The van der Waals surface area contributed by atoms with Crippen molar-refractivity contribution in [1.29, 1.82) is 0 Å². The maximum absolute atomic E-state index is 12.5. The number of ether oxygens (including phenoxy) is 2. The summed E-state index contributed by atoms with van der Waals surface area (Å²) in [5, 5.41) is 0. The van der Waals surface area contributed by atoms with Crippen molar-refractivity contribution in [2.45, 2.75) is 118 Å². The van der Waals surface area contributed by atoms with Gasteiger partial charge in [0.15, 0.2) is 0 Å². The number of carbonyl (C=O) groups excluding carboxylic acids is 1. The first-order valence-corrected chi connectivity index (χ1v) is 12.8. The first-order chi connectivity index (χ1) is 14.3. The van der Waals surface area contributed by atoms with Crippen LogP contribution >= 0.6 is 0 Å². The van der Waals surface area contributed by atoms with Crippen LogP contribution in [0.25, 0.3) is 0 Å². The molecule has 0 aromatic heterocycles. The lowest BCUT2D eigenvalue weighted by Gasteiger charge is -2.49. The van der Waals surface area contributed by atoms with Gasteiger partial charge in [-0.2, -0.15) is 0 Å². The van der Waals surface area contributed by atoms with Gasteiger partial charge in [-0.1, -0.05) is 34.6 Å². The molecule has 0 aromatic carbocycles. The number of methoxy groups -OCH3 is 1. The second-order valence-electron chi connectivity index (χ2n) is 12.3. The van der Waals surface area contributed by atoms with Crippen LogP contribution in [0.4, 0.5) is 4.79 Å². The van der Waals surface area contributed by atoms with Gasteiger partial charge in [0.2, 0.25) is 0 Å². The van der Waals surface area contributed by atoms with Crippen molar-refractivity contribution in [3.8, 4) is 0 Å². The Balaban J connectivity index is 1.92. The summed E-state index contributed by atoms with van der Waals surface area (Å²) in [6, 6.07) is 0. The van der Waals surface area contributed by atoms with E-state index < -0.39 is 5.60 Å². The summed E-state index contributed by atoms with van der Waals surface area (Å²) in [6.07, 6.45) is 10.1. The molecule has 2 unspecified atom stereocenters. The molecule has 31 heavy (non-hydrogen) atoms. The molecule has 1 saturated heterocycles. The van der Waals surface area contributed by atoms with Crippen molar-refractivity contribution >= 4 is 6.09 Å². The Morgan fingerprint density at radius 2 is 1.48 bits per heavy atom. The van der Waals surface area contributed by atoms with Gasteiger partial charge >= 0.3 is 6.09 Å². The van der Waals surface area contributed by atoms with E-state index in [0.717, 1.165) is 31.8 Å². The van der Waals surface area contributed by atoms with E-state index in [1.54, 1.807) is 0 Å². The lowest BCUT2D eigenvalue weighted by molar-refractivity contribution is -0.0203. The Bertz CT molecular complexity index is 564. The van der Waals surface area contributed by atoms with Gasteiger partial charge in [-0.05, 0) is 101 Å². The molecule has 2 rings (SSSR count). The summed E-state index contributed by atoms with van der Waals surface area (Å²) in [5.74, 6) is 2.06. The smallest absolute Gasteiger partial charge is 0.410 e. The molecule has 1 amide bonds. The Hall–Kier alpha value is -0.770. The summed E-state index contributed by atoms with van der Waals surface area (Å²) in [4.78, 5) is 14.5. The molecule has 0 bridgehead atoms. The molecule has 0 N–H and O–H groups in total. The van der Waals surface area contributed by atoms with Crippen molar-refractivity contribution in [2.24, 2.45) is 28.6 Å². The highest BCUT2D eigenvalue weighted by atomic mass is 16.6. The summed E-state index contributed by atoms with van der Waals surface area (Å²) >= 11 is 0. The average molecular weight is 438 g/mol. The molecule has 4 heteroatoms. The number of amides is 1. The zero-order valence-electron chi connectivity index (χ0n) is 22.1. The lowest BCUT2D eigenvalue weighted by atomic mass is 9.60. The zero-order chi connectivity index (χ0) is 23.4. The largest absolute Gasteiger partial charge is 0.444 e. The number of hydrogen-bond acceptors (Lipinski definition) is 3. The predicted octanol–water partition coefficient (Wildman–Crippen LogP) is 7.31. The highest BCUT2D eigenvalue weighted by Crippen LogP contribution is 2.49. The van der Waals surface area contributed by atoms with Gasteiger partial charge in [0.05, 0.1) is 6.10 Å². The first kappa shape index (κ1) is 26.5. The number of piperidine rings is 1. The van der Waals surface area contributed by atoms with Gasteiger partial charge in [-0.3, -0.25) is 0 Å². The normalized spacial score (nSPS) is 29.0. The third-order valence-corrected chi connectivity index (χ3v) is 9.11. The predicted molar refractivity (Wildman–Crippen MR) is 129 cm³/mol. The molecule has 2 fully saturated rings. The Labute approximate surface area is 192 Å². The number of carbonyl (C=O) groups is 1. The molecule has 4 nitrogen and oxygen atoms in total. The van der Waals surface area contributed by atoms with Gasteiger partial charge in [-0.25, -0.2) is 4.79 Å². The maximum atomic E-state index is 12.5. The number of nitrogens with zero attached hydrogens (tertiary/aromatic N) is 1. The molecular formula is C27H51NO3. The SMILES string of the molecule is COC1CCC(C)(C(C)CCC(C)C2(C(C)C)CCN(C(=O)OC(C)(C)C)CC2)CC1. The van der Waals surface area contributed by atoms with Gasteiger partial charge in [0.1, 0.15) is 5.60 Å². The summed E-state index contributed by atoms with van der Waals surface area (Å²) < 4.78 is 11.2. The fourth-order valence-electron chi connectivity index (χ4n) is 6.19. The fourth-order valence-corrected chi connectivity index (χ4v) is 6.19. The maximum Gasteiger partial charge on any atom is 0.410 e. The van der Waals surface area contributed by atoms with Crippen LogP contribution in [0, 0.1) is 28.6 Å². The molecule has 0 aromatic rings. The second-order valence-corrected chi connectivity index (χ2v) is 12.3. The lowest BCUT2D eigenvalue weighted by Crippen LogP contribution is -2.49. The molecule has 1 saturated carbocycles. The Morgan fingerprint density at radius 1 is 0.968 bits per heavy atom. The van der Waals surface area contributed by atoms with Crippen molar-refractivity contribution in [2.75, 3.05) is 20.2 Å². The molecule has 0 spiro atoms. The highest BCUT2D eigenvalue weighted by Gasteiger charge is 2.44. The van der Waals surface area contributed by atoms with E-state index in [-0.39, 0.29) is 6.09 Å². The van der Waals surface area contributed by atoms with Gasteiger partial charge in [0.25, 0.3) is 0 Å². The van der Waals surface area contributed by atoms with E-state index in [2.05, 4.69) is 34.6 Å². The van der Waals surface area contributed by atoms with E-state index in [4.69, 9.17) is 9.47 Å². The van der Waals surface area contributed by atoms with E-state index in [0.29, 0.717) is 28.8 Å². The molecule has 2 aliphatic rings. The second kappa shape index (κ2) is 10.4. The van der Waals surface area contributed by atoms with Crippen molar-refractivity contribution in [3.05, 3.63) is 0 Å². The number of rotatable bonds is 7. The average Bonchev–Trinajstić information content (AvgIpc) is 2.70. The van der Waals surface area contributed by atoms with Gasteiger partial charge in [-0.15, -0.1) is 0 Å². The minimum Gasteiger partial charge on any atom is -0.444 e. The van der Waals surface area contributed by atoms with E-state index in [1.165, 1.54) is 38.5 Å². The van der Waals surface area contributed by atoms with Crippen LogP contribution in [-0.4, -0.2) is 42.9 Å². The quantitative estimate of drug-likeness (QED) is 0.419. The standard InChI is InChI=1S/C27H51NO3/c1-20(2)27(16-18-28(19-17-27)24(29)31-25(5,6)7)22(4)11-10-21(3)26(8)14-12-23(30-9)13-15-26/h20-23H,10-19H2,1-9H3. The molecule has 0 radical (unpaired) electrons. The molecule has 182 valence electrons. The third-order valence-electron chi connectivity index (χ3n) is 9.11. The van der Waals surface area contributed by atoms with Crippen molar-refractivity contribution in [3.63, 3.8) is 0 Å². The van der Waals surface area contributed by atoms with Crippen LogP contribution in [0.2, 0.25) is 0 Å². The molecule has 2 atom stereocenters. The minimum absolute atomic E-state index is 0.147. The van der Waals surface area contributed by atoms with Crippen LogP contribution in [0.5, 0.6) is 0 Å². The first-order valence-electron chi connectivity index (χ1n) is 12.8. The van der Waals surface area contributed by atoms with Crippen LogP contribution in [0.3, 0.4) is 0 Å². The number of likely N-dealkylation sites (tertiary alicyclic amines) is 1. The van der Waals surface area contributed by atoms with E-state index in [1.807, 2.05) is 32.8 Å². The molecule has 1 aliphatic heterocycles. The number of hydrogen-bond donors (Lipinski definition) is 0. The minimum atomic E-state index is -0.425. The summed E-state index contributed by atoms with van der Waals surface area (Å²) in [5.41, 5.74) is 0.359. The summed E-state index contributed by atoms with van der Waals surface area (Å²) in [6.45, 7) is 19.7. The topological polar surface area (TPSA) is 38.8 Å². The Kier molecular flexibility index (Phi) is 8.92. The van der Waals surface area contributed by atoms with Crippen LogP contribution in [-0.2, 0) is 9.47 Å². The van der Waals surface area contributed by atoms with Gasteiger partial charge in [0, 0.05) is 20.2 Å².